The van der Waals surface area contributed by atoms with Crippen LogP contribution in [0.2, 0.25) is 0 Å². The molecule has 8 heteroatoms. The van der Waals surface area contributed by atoms with Crippen LogP contribution in [0.4, 0.5) is 0 Å². The van der Waals surface area contributed by atoms with Crippen molar-refractivity contribution in [2.24, 2.45) is 0 Å². The molecule has 0 unspecified atom stereocenters. The minimum atomic E-state index is -0.119. The molecule has 1 amide bonds. The second-order valence-corrected chi connectivity index (χ2v) is 6.82. The average molecular weight is 358 g/mol. The zero-order valence-corrected chi connectivity index (χ0v) is 15.4. The van der Waals surface area contributed by atoms with Crippen molar-refractivity contribution in [2.75, 3.05) is 32.7 Å². The summed E-state index contributed by atoms with van der Waals surface area (Å²) in [5.41, 5.74) is 0.497. The Hall–Kier alpha value is -2.32. The topological polar surface area (TPSA) is 83.4 Å². The lowest BCUT2D eigenvalue weighted by Gasteiger charge is -2.34. The van der Waals surface area contributed by atoms with Crippen LogP contribution >= 0.6 is 0 Å². The summed E-state index contributed by atoms with van der Waals surface area (Å²) in [7, 11) is 0. The van der Waals surface area contributed by atoms with Crippen LogP contribution in [0.1, 0.15) is 20.3 Å². The first-order chi connectivity index (χ1) is 12.6. The normalized spacial score (nSPS) is 17.3. The van der Waals surface area contributed by atoms with Crippen LogP contribution in [0, 0.1) is 0 Å². The smallest absolute Gasteiger partial charge is 0.278 e. The lowest BCUT2D eigenvalue weighted by molar-refractivity contribution is -0.123. The van der Waals surface area contributed by atoms with E-state index in [-0.39, 0.29) is 17.5 Å². The van der Waals surface area contributed by atoms with Crippen LogP contribution in [-0.4, -0.2) is 69.5 Å². The van der Waals surface area contributed by atoms with Gasteiger partial charge in [0.1, 0.15) is 5.52 Å². The van der Waals surface area contributed by atoms with E-state index in [9.17, 15) is 9.59 Å². The van der Waals surface area contributed by atoms with E-state index in [1.54, 1.807) is 12.1 Å². The van der Waals surface area contributed by atoms with Gasteiger partial charge in [-0.25, -0.2) is 0 Å². The quantitative estimate of drug-likeness (QED) is 0.799. The Bertz CT molecular complexity index is 813. The van der Waals surface area contributed by atoms with Gasteiger partial charge in [-0.05, 0) is 25.5 Å². The maximum Gasteiger partial charge on any atom is 0.278 e. The molecule has 1 fully saturated rings. The number of piperazine rings is 1. The molecule has 2 heterocycles. The number of hydrogen-bond acceptors (Lipinski definition) is 6. The summed E-state index contributed by atoms with van der Waals surface area (Å²) in [5.74, 6) is 0.0735. The van der Waals surface area contributed by atoms with Gasteiger partial charge in [-0.15, -0.1) is 5.10 Å². The van der Waals surface area contributed by atoms with Gasteiger partial charge in [0.05, 0.1) is 18.6 Å². The summed E-state index contributed by atoms with van der Waals surface area (Å²) in [5, 5.41) is 11.7. The fourth-order valence-electron chi connectivity index (χ4n) is 3.02. The highest BCUT2D eigenvalue weighted by molar-refractivity contribution is 5.78. The molecule has 1 saturated heterocycles. The Morgan fingerprint density at radius 2 is 1.88 bits per heavy atom. The highest BCUT2D eigenvalue weighted by Gasteiger charge is 2.20. The van der Waals surface area contributed by atoms with Crippen molar-refractivity contribution >= 4 is 16.8 Å². The van der Waals surface area contributed by atoms with E-state index < -0.39 is 0 Å². The van der Waals surface area contributed by atoms with Gasteiger partial charge in [0.15, 0.2) is 0 Å². The van der Waals surface area contributed by atoms with Gasteiger partial charge < -0.3 is 5.32 Å². The van der Waals surface area contributed by atoms with E-state index in [1.165, 1.54) is 4.68 Å². The fraction of sp³-hybridized carbons (Fsp3) is 0.556. The largest absolute Gasteiger partial charge is 0.353 e. The number of amides is 1. The Labute approximate surface area is 152 Å². The van der Waals surface area contributed by atoms with Crippen molar-refractivity contribution in [1.29, 1.82) is 0 Å². The number of nitrogens with one attached hydrogen (secondary N) is 1. The highest BCUT2D eigenvalue weighted by Crippen LogP contribution is 2.05. The van der Waals surface area contributed by atoms with E-state index in [0.717, 1.165) is 32.6 Å². The second kappa shape index (κ2) is 8.37. The van der Waals surface area contributed by atoms with E-state index >= 15 is 0 Å². The average Bonchev–Trinajstić information content (AvgIpc) is 2.65. The van der Waals surface area contributed by atoms with Crippen molar-refractivity contribution in [3.05, 3.63) is 34.6 Å². The molecule has 0 bridgehead atoms. The zero-order valence-electron chi connectivity index (χ0n) is 15.4. The Kier molecular flexibility index (Phi) is 5.95. The molecule has 3 rings (SSSR count). The van der Waals surface area contributed by atoms with Gasteiger partial charge in [-0.2, -0.15) is 4.68 Å². The van der Waals surface area contributed by atoms with Crippen molar-refractivity contribution < 1.29 is 4.79 Å². The number of nitrogens with zero attached hydrogens (tertiary/aromatic N) is 5. The number of carbonyl (C=O) groups is 1. The molecule has 0 saturated carbocycles. The number of fused-ring (bicyclic) bond motifs is 1. The highest BCUT2D eigenvalue weighted by atomic mass is 16.2. The lowest BCUT2D eigenvalue weighted by Crippen LogP contribution is -2.51. The van der Waals surface area contributed by atoms with Gasteiger partial charge in [0.2, 0.25) is 5.91 Å². The maximum absolute atomic E-state index is 12.5. The summed E-state index contributed by atoms with van der Waals surface area (Å²) < 4.78 is 1.41. The molecule has 1 aliphatic rings. The number of benzene rings is 1. The van der Waals surface area contributed by atoms with Crippen molar-refractivity contribution in [2.45, 2.75) is 33.0 Å². The fourth-order valence-corrected chi connectivity index (χ4v) is 3.02. The number of rotatable bonds is 6. The predicted molar refractivity (Wildman–Crippen MR) is 99.7 cm³/mol. The molecule has 0 aliphatic carbocycles. The van der Waals surface area contributed by atoms with Crippen LogP contribution in [0.25, 0.3) is 10.9 Å². The second-order valence-electron chi connectivity index (χ2n) is 6.82. The minimum Gasteiger partial charge on any atom is -0.353 e. The standard InChI is InChI=1S/C18H26N6O2/c1-3-14(2)19-17(25)12-22-8-10-23(11-9-22)13-24-18(26)15-6-4-5-7-16(15)20-21-24/h4-7,14H,3,8-13H2,1-2H3,(H,19,25)/t14-/m1/s1. The molecule has 1 aromatic heterocycles. The van der Waals surface area contributed by atoms with E-state index in [2.05, 4.69) is 32.4 Å². The van der Waals surface area contributed by atoms with Crippen LogP contribution in [0.15, 0.2) is 29.1 Å². The molecular formula is C18H26N6O2. The molecule has 8 nitrogen and oxygen atoms in total. The van der Waals surface area contributed by atoms with Crippen LogP contribution in [-0.2, 0) is 11.5 Å². The molecule has 140 valence electrons. The van der Waals surface area contributed by atoms with Gasteiger partial charge in [0.25, 0.3) is 5.56 Å². The molecule has 1 aromatic carbocycles. The van der Waals surface area contributed by atoms with Crippen molar-refractivity contribution in [1.82, 2.24) is 30.1 Å². The number of carbonyl (C=O) groups excluding carboxylic acids is 1. The van der Waals surface area contributed by atoms with E-state index in [0.29, 0.717) is 24.1 Å². The van der Waals surface area contributed by atoms with Crippen LogP contribution in [0.3, 0.4) is 0 Å². The first-order valence-electron chi connectivity index (χ1n) is 9.13. The first-order valence-corrected chi connectivity index (χ1v) is 9.13. The van der Waals surface area contributed by atoms with Gasteiger partial charge in [-0.3, -0.25) is 19.4 Å². The molecule has 1 N–H and O–H groups in total. The molecule has 1 atom stereocenters. The van der Waals surface area contributed by atoms with Crippen LogP contribution in [0.5, 0.6) is 0 Å². The van der Waals surface area contributed by atoms with Crippen LogP contribution < -0.4 is 10.9 Å². The molecular weight excluding hydrogens is 332 g/mol. The Morgan fingerprint density at radius 1 is 1.19 bits per heavy atom. The SMILES string of the molecule is CC[C@@H](C)NC(=O)CN1CCN(Cn2nnc3ccccc3c2=O)CC1. The molecule has 26 heavy (non-hydrogen) atoms. The minimum absolute atomic E-state index is 0.0735. The third-order valence-electron chi connectivity index (χ3n) is 4.82. The van der Waals surface area contributed by atoms with Gasteiger partial charge in [0, 0.05) is 32.2 Å². The first kappa shape index (κ1) is 18.5. The number of hydrogen-bond donors (Lipinski definition) is 1. The van der Waals surface area contributed by atoms with Crippen molar-refractivity contribution in [3.63, 3.8) is 0 Å². The Balaban J connectivity index is 1.54. The maximum atomic E-state index is 12.5. The monoisotopic (exact) mass is 358 g/mol. The third kappa shape index (κ3) is 4.44. The van der Waals surface area contributed by atoms with E-state index in [4.69, 9.17) is 0 Å². The molecule has 2 aromatic rings. The van der Waals surface area contributed by atoms with Gasteiger partial charge >= 0.3 is 0 Å². The summed E-state index contributed by atoms with van der Waals surface area (Å²) >= 11 is 0. The summed E-state index contributed by atoms with van der Waals surface area (Å²) in [4.78, 5) is 28.8. The summed E-state index contributed by atoms with van der Waals surface area (Å²) in [6, 6.07) is 7.45. The molecule has 1 aliphatic heterocycles. The lowest BCUT2D eigenvalue weighted by atomic mass is 10.2. The third-order valence-corrected chi connectivity index (χ3v) is 4.82. The van der Waals surface area contributed by atoms with Gasteiger partial charge in [-0.1, -0.05) is 24.3 Å². The predicted octanol–water partition coefficient (Wildman–Crippen LogP) is 0.281. The van der Waals surface area contributed by atoms with E-state index in [1.807, 2.05) is 19.1 Å². The molecule has 0 spiro atoms. The summed E-state index contributed by atoms with van der Waals surface area (Å²) in [6.07, 6.45) is 0.932. The molecule has 0 radical (unpaired) electrons. The zero-order chi connectivity index (χ0) is 18.5. The number of aromatic nitrogens is 3. The summed E-state index contributed by atoms with van der Waals surface area (Å²) in [6.45, 7) is 8.08. The Morgan fingerprint density at radius 3 is 2.62 bits per heavy atom. The van der Waals surface area contributed by atoms with Crippen molar-refractivity contribution in [3.8, 4) is 0 Å².